The first-order valence-electron chi connectivity index (χ1n) is 13.0. The Labute approximate surface area is 238 Å². The summed E-state index contributed by atoms with van der Waals surface area (Å²) in [6, 6.07) is 24.8. The fraction of sp³-hybridized carbons (Fsp3) is 0.161. The summed E-state index contributed by atoms with van der Waals surface area (Å²) in [5.41, 5.74) is 3.18. The standard InChI is InChI=1S/C31H29N3O6S/c1-34(24-14-15-28-23(19-24)16-17-40-28)30(36)27(18-21-8-3-2-4-9-21)32-31(37)33-41(38,39)29-13-6-5-12-26(29)22-10-7-11-25(35)20-22/h2-15,19-20,27,35H,16-18H2,1H3,(H2,32,33,37)/t27-/m0/s1. The van der Waals surface area contributed by atoms with E-state index >= 15 is 0 Å². The van der Waals surface area contributed by atoms with Gasteiger partial charge in [-0.3, -0.25) is 4.79 Å². The highest BCUT2D eigenvalue weighted by Gasteiger charge is 2.29. The molecule has 1 heterocycles. The second kappa shape index (κ2) is 11.7. The zero-order chi connectivity index (χ0) is 29.0. The van der Waals surface area contributed by atoms with Crippen LogP contribution in [-0.2, 0) is 27.7 Å². The van der Waals surface area contributed by atoms with Crippen LogP contribution in [0.1, 0.15) is 11.1 Å². The highest BCUT2D eigenvalue weighted by Crippen LogP contribution is 2.30. The quantitative estimate of drug-likeness (QED) is 0.290. The zero-order valence-corrected chi connectivity index (χ0v) is 23.1. The maximum Gasteiger partial charge on any atom is 0.329 e. The maximum atomic E-state index is 13.7. The number of likely N-dealkylation sites (N-methyl/N-ethyl adjacent to an activating group) is 1. The summed E-state index contributed by atoms with van der Waals surface area (Å²) < 4.78 is 34.3. The summed E-state index contributed by atoms with van der Waals surface area (Å²) in [6.07, 6.45) is 0.882. The summed E-state index contributed by atoms with van der Waals surface area (Å²) in [5, 5.41) is 12.5. The van der Waals surface area contributed by atoms with Crippen molar-refractivity contribution in [3.63, 3.8) is 0 Å². The highest BCUT2D eigenvalue weighted by atomic mass is 32.2. The van der Waals surface area contributed by atoms with Crippen LogP contribution in [0.5, 0.6) is 11.5 Å². The van der Waals surface area contributed by atoms with Crippen LogP contribution in [0, 0.1) is 0 Å². The van der Waals surface area contributed by atoms with Gasteiger partial charge in [0.15, 0.2) is 0 Å². The third-order valence-electron chi connectivity index (χ3n) is 6.84. The number of phenolic OH excluding ortho intramolecular Hbond substituents is 1. The molecule has 4 aromatic carbocycles. The first-order chi connectivity index (χ1) is 19.7. The number of fused-ring (bicyclic) bond motifs is 1. The van der Waals surface area contributed by atoms with Gasteiger partial charge in [0.05, 0.1) is 11.5 Å². The molecule has 0 saturated heterocycles. The molecule has 10 heteroatoms. The zero-order valence-electron chi connectivity index (χ0n) is 22.3. The van der Waals surface area contributed by atoms with E-state index in [0.29, 0.717) is 23.4 Å². The number of carbonyl (C=O) groups is 2. The Morgan fingerprint density at radius 2 is 1.71 bits per heavy atom. The van der Waals surface area contributed by atoms with Gasteiger partial charge >= 0.3 is 6.03 Å². The van der Waals surface area contributed by atoms with Gasteiger partial charge in [-0.1, -0.05) is 60.7 Å². The summed E-state index contributed by atoms with van der Waals surface area (Å²) in [7, 11) is -2.75. The molecule has 5 rings (SSSR count). The molecule has 3 amide bonds. The van der Waals surface area contributed by atoms with Crippen molar-refractivity contribution in [2.45, 2.75) is 23.8 Å². The lowest BCUT2D eigenvalue weighted by Gasteiger charge is -2.25. The van der Waals surface area contributed by atoms with E-state index < -0.39 is 28.0 Å². The number of hydrogen-bond donors (Lipinski definition) is 3. The third kappa shape index (κ3) is 6.33. The van der Waals surface area contributed by atoms with Crippen LogP contribution in [0.15, 0.2) is 102 Å². The number of aromatic hydroxyl groups is 1. The van der Waals surface area contributed by atoms with Crippen LogP contribution in [0.2, 0.25) is 0 Å². The number of anilines is 1. The van der Waals surface area contributed by atoms with E-state index in [1.807, 2.05) is 42.5 Å². The Bertz CT molecular complexity index is 1690. The fourth-order valence-corrected chi connectivity index (χ4v) is 5.92. The first-order valence-corrected chi connectivity index (χ1v) is 14.5. The van der Waals surface area contributed by atoms with Crippen LogP contribution >= 0.6 is 0 Å². The number of hydrogen-bond acceptors (Lipinski definition) is 6. The Hall–Kier alpha value is -4.83. The van der Waals surface area contributed by atoms with Crippen molar-refractivity contribution in [1.29, 1.82) is 0 Å². The Kier molecular flexibility index (Phi) is 7.93. The second-order valence-corrected chi connectivity index (χ2v) is 11.3. The lowest BCUT2D eigenvalue weighted by Crippen LogP contribution is -2.52. The van der Waals surface area contributed by atoms with Gasteiger partial charge < -0.3 is 20.1 Å². The van der Waals surface area contributed by atoms with Gasteiger partial charge in [0.2, 0.25) is 5.91 Å². The minimum atomic E-state index is -4.36. The van der Waals surface area contributed by atoms with Crippen molar-refractivity contribution in [3.05, 3.63) is 108 Å². The van der Waals surface area contributed by atoms with Gasteiger partial charge in [0, 0.05) is 31.1 Å². The predicted octanol–water partition coefficient (Wildman–Crippen LogP) is 4.26. The summed E-state index contributed by atoms with van der Waals surface area (Å²) in [4.78, 5) is 28.1. The van der Waals surface area contributed by atoms with Crippen LogP contribution in [-0.4, -0.2) is 45.2 Å². The number of ether oxygens (including phenoxy) is 1. The van der Waals surface area contributed by atoms with Crippen molar-refractivity contribution in [2.24, 2.45) is 0 Å². The molecule has 0 saturated carbocycles. The average Bonchev–Trinajstić information content (AvgIpc) is 3.44. The monoisotopic (exact) mass is 571 g/mol. The van der Waals surface area contributed by atoms with Gasteiger partial charge in [-0.05, 0) is 53.1 Å². The largest absolute Gasteiger partial charge is 0.508 e. The molecule has 4 aromatic rings. The number of sulfonamides is 1. The Morgan fingerprint density at radius 1 is 0.951 bits per heavy atom. The smallest absolute Gasteiger partial charge is 0.329 e. The highest BCUT2D eigenvalue weighted by molar-refractivity contribution is 7.90. The predicted molar refractivity (Wildman–Crippen MR) is 155 cm³/mol. The summed E-state index contributed by atoms with van der Waals surface area (Å²) in [6.45, 7) is 0.581. The molecule has 210 valence electrons. The van der Waals surface area contributed by atoms with E-state index in [4.69, 9.17) is 4.74 Å². The summed E-state index contributed by atoms with van der Waals surface area (Å²) >= 11 is 0. The number of amides is 3. The van der Waals surface area contributed by atoms with Gasteiger partial charge in [-0.2, -0.15) is 0 Å². The molecule has 0 unspecified atom stereocenters. The Balaban J connectivity index is 1.38. The van der Waals surface area contributed by atoms with E-state index in [0.717, 1.165) is 23.3 Å². The van der Waals surface area contributed by atoms with Gasteiger partial charge in [-0.15, -0.1) is 0 Å². The molecule has 1 atom stereocenters. The van der Waals surface area contributed by atoms with Crippen molar-refractivity contribution in [1.82, 2.24) is 10.0 Å². The third-order valence-corrected chi connectivity index (χ3v) is 8.23. The van der Waals surface area contributed by atoms with E-state index in [1.165, 1.54) is 29.2 Å². The van der Waals surface area contributed by atoms with Crippen LogP contribution < -0.4 is 19.7 Å². The van der Waals surface area contributed by atoms with Crippen LogP contribution in [0.4, 0.5) is 10.5 Å². The number of phenols is 1. The topological polar surface area (TPSA) is 125 Å². The van der Waals surface area contributed by atoms with Crippen LogP contribution in [0.3, 0.4) is 0 Å². The summed E-state index contributed by atoms with van der Waals surface area (Å²) in [5.74, 6) is 0.340. The molecule has 41 heavy (non-hydrogen) atoms. The van der Waals surface area contributed by atoms with E-state index in [2.05, 4.69) is 10.0 Å². The second-order valence-electron chi connectivity index (χ2n) is 9.66. The Morgan fingerprint density at radius 3 is 2.49 bits per heavy atom. The van der Waals surface area contributed by atoms with Crippen molar-refractivity contribution >= 4 is 27.6 Å². The molecule has 9 nitrogen and oxygen atoms in total. The maximum absolute atomic E-state index is 13.7. The lowest BCUT2D eigenvalue weighted by atomic mass is 10.0. The van der Waals surface area contributed by atoms with Crippen LogP contribution in [0.25, 0.3) is 11.1 Å². The number of urea groups is 1. The van der Waals surface area contributed by atoms with Crippen molar-refractivity contribution in [3.8, 4) is 22.6 Å². The molecular formula is C31H29N3O6S. The SMILES string of the molecule is CN(C(=O)[C@H](Cc1ccccc1)NC(=O)NS(=O)(=O)c1ccccc1-c1cccc(O)c1)c1ccc2c(c1)CCO2. The van der Waals surface area contributed by atoms with E-state index in [1.54, 1.807) is 37.4 Å². The van der Waals surface area contributed by atoms with E-state index in [9.17, 15) is 23.1 Å². The molecule has 0 radical (unpaired) electrons. The van der Waals surface area contributed by atoms with E-state index in [-0.39, 0.29) is 17.1 Å². The van der Waals surface area contributed by atoms with Crippen molar-refractivity contribution in [2.75, 3.05) is 18.6 Å². The lowest BCUT2D eigenvalue weighted by molar-refractivity contribution is -0.120. The van der Waals surface area contributed by atoms with Gasteiger partial charge in [0.25, 0.3) is 10.0 Å². The molecular weight excluding hydrogens is 542 g/mol. The minimum Gasteiger partial charge on any atom is -0.508 e. The molecule has 0 fully saturated rings. The molecule has 0 aromatic heterocycles. The molecule has 1 aliphatic rings. The first kappa shape index (κ1) is 27.7. The molecule has 0 bridgehead atoms. The fourth-order valence-electron chi connectivity index (χ4n) is 4.77. The number of nitrogens with zero attached hydrogens (tertiary/aromatic N) is 1. The molecule has 1 aliphatic heterocycles. The number of nitrogens with one attached hydrogen (secondary N) is 2. The number of rotatable bonds is 8. The van der Waals surface area contributed by atoms with Crippen molar-refractivity contribution < 1.29 is 27.9 Å². The molecule has 0 spiro atoms. The number of carbonyl (C=O) groups excluding carboxylic acids is 2. The average molecular weight is 572 g/mol. The molecule has 0 aliphatic carbocycles. The normalized spacial score (nSPS) is 13.0. The molecule has 3 N–H and O–H groups in total. The number of benzene rings is 4. The van der Waals surface area contributed by atoms with Gasteiger partial charge in [0.1, 0.15) is 17.5 Å². The van der Waals surface area contributed by atoms with Gasteiger partial charge in [-0.25, -0.2) is 17.9 Å². The minimum absolute atomic E-state index is 0.0253.